The van der Waals surface area contributed by atoms with Gasteiger partial charge in [0.2, 0.25) is 0 Å². The van der Waals surface area contributed by atoms with Crippen LogP contribution >= 0.6 is 0 Å². The molecule has 1 aliphatic rings. The first-order chi connectivity index (χ1) is 8.76. The number of para-hydroxylation sites is 1. The zero-order chi connectivity index (χ0) is 13.0. The molecule has 1 atom stereocenters. The van der Waals surface area contributed by atoms with Crippen LogP contribution in [-0.4, -0.2) is 42.7 Å². The number of rotatable bonds is 3. The first-order valence-corrected chi connectivity index (χ1v) is 6.90. The van der Waals surface area contributed by atoms with Crippen LogP contribution in [0.25, 0.3) is 0 Å². The molecule has 1 unspecified atom stereocenters. The molecule has 2 rings (SSSR count). The SMILES string of the molecule is CCC1CN(C)CCCN1c1ccccc1CO. The Kier molecular flexibility index (Phi) is 4.61. The fourth-order valence-electron chi connectivity index (χ4n) is 2.83. The molecule has 1 saturated heterocycles. The van der Waals surface area contributed by atoms with E-state index in [0.717, 1.165) is 31.6 Å². The molecule has 0 radical (unpaired) electrons. The summed E-state index contributed by atoms with van der Waals surface area (Å²) < 4.78 is 0. The number of likely N-dealkylation sites (N-methyl/N-ethyl adjacent to an activating group) is 1. The topological polar surface area (TPSA) is 26.7 Å². The van der Waals surface area contributed by atoms with E-state index in [4.69, 9.17) is 0 Å². The lowest BCUT2D eigenvalue weighted by molar-refractivity contribution is 0.281. The minimum atomic E-state index is 0.124. The first kappa shape index (κ1) is 13.4. The predicted molar refractivity (Wildman–Crippen MR) is 75.9 cm³/mol. The molecule has 1 N–H and O–H groups in total. The van der Waals surface area contributed by atoms with Crippen molar-refractivity contribution < 1.29 is 5.11 Å². The number of aliphatic hydroxyl groups is 1. The molecule has 1 aromatic rings. The second kappa shape index (κ2) is 6.21. The van der Waals surface area contributed by atoms with E-state index in [1.54, 1.807) is 0 Å². The number of aliphatic hydroxyl groups excluding tert-OH is 1. The summed E-state index contributed by atoms with van der Waals surface area (Å²) in [6.07, 6.45) is 2.33. The number of nitrogens with zero attached hydrogens (tertiary/aromatic N) is 2. The van der Waals surface area contributed by atoms with E-state index in [0.29, 0.717) is 6.04 Å². The van der Waals surface area contributed by atoms with Gasteiger partial charge in [-0.3, -0.25) is 0 Å². The van der Waals surface area contributed by atoms with E-state index in [1.165, 1.54) is 12.1 Å². The highest BCUT2D eigenvalue weighted by Crippen LogP contribution is 2.25. The summed E-state index contributed by atoms with van der Waals surface area (Å²) in [6.45, 7) is 5.72. The summed E-state index contributed by atoms with van der Waals surface area (Å²) in [5.74, 6) is 0. The maximum atomic E-state index is 9.49. The summed E-state index contributed by atoms with van der Waals surface area (Å²) in [5.41, 5.74) is 2.25. The van der Waals surface area contributed by atoms with Crippen LogP contribution in [0.2, 0.25) is 0 Å². The van der Waals surface area contributed by atoms with Crippen LogP contribution in [-0.2, 0) is 6.61 Å². The molecule has 0 spiro atoms. The fourth-order valence-corrected chi connectivity index (χ4v) is 2.83. The molecule has 0 amide bonds. The van der Waals surface area contributed by atoms with Gasteiger partial charge in [0.15, 0.2) is 0 Å². The summed E-state index contributed by atoms with van der Waals surface area (Å²) in [7, 11) is 2.20. The molecule has 0 aromatic heterocycles. The molecule has 0 aliphatic carbocycles. The van der Waals surface area contributed by atoms with Crippen LogP contribution in [0.3, 0.4) is 0 Å². The van der Waals surface area contributed by atoms with Gasteiger partial charge in [0, 0.05) is 30.4 Å². The van der Waals surface area contributed by atoms with Crippen molar-refractivity contribution in [3.63, 3.8) is 0 Å². The van der Waals surface area contributed by atoms with Crippen LogP contribution < -0.4 is 4.90 Å². The molecule has 100 valence electrons. The monoisotopic (exact) mass is 248 g/mol. The molecule has 1 aromatic carbocycles. The molecule has 1 aliphatic heterocycles. The van der Waals surface area contributed by atoms with E-state index in [2.05, 4.69) is 35.9 Å². The molecule has 18 heavy (non-hydrogen) atoms. The van der Waals surface area contributed by atoms with Crippen molar-refractivity contribution in [3.05, 3.63) is 29.8 Å². The van der Waals surface area contributed by atoms with Gasteiger partial charge in [-0.15, -0.1) is 0 Å². The normalized spacial score (nSPS) is 21.9. The lowest BCUT2D eigenvalue weighted by Crippen LogP contribution is -2.40. The second-order valence-electron chi connectivity index (χ2n) is 5.16. The highest BCUT2D eigenvalue weighted by molar-refractivity contribution is 5.54. The highest BCUT2D eigenvalue weighted by atomic mass is 16.3. The summed E-state index contributed by atoms with van der Waals surface area (Å²) in [5, 5.41) is 9.49. The van der Waals surface area contributed by atoms with Gasteiger partial charge in [-0.1, -0.05) is 25.1 Å². The van der Waals surface area contributed by atoms with Crippen LogP contribution in [0.5, 0.6) is 0 Å². The van der Waals surface area contributed by atoms with Crippen molar-refractivity contribution in [3.8, 4) is 0 Å². The van der Waals surface area contributed by atoms with Crippen molar-refractivity contribution in [2.45, 2.75) is 32.4 Å². The van der Waals surface area contributed by atoms with Crippen molar-refractivity contribution in [2.75, 3.05) is 31.6 Å². The summed E-state index contributed by atoms with van der Waals surface area (Å²) >= 11 is 0. The van der Waals surface area contributed by atoms with E-state index in [9.17, 15) is 5.11 Å². The highest BCUT2D eigenvalue weighted by Gasteiger charge is 2.23. The Hall–Kier alpha value is -1.06. The van der Waals surface area contributed by atoms with E-state index < -0.39 is 0 Å². The number of hydrogen-bond acceptors (Lipinski definition) is 3. The van der Waals surface area contributed by atoms with Crippen molar-refractivity contribution >= 4 is 5.69 Å². The number of anilines is 1. The molecule has 0 saturated carbocycles. The van der Waals surface area contributed by atoms with Crippen LogP contribution in [0, 0.1) is 0 Å². The zero-order valence-electron chi connectivity index (χ0n) is 11.5. The average molecular weight is 248 g/mol. The van der Waals surface area contributed by atoms with Gasteiger partial charge in [-0.25, -0.2) is 0 Å². The third-order valence-electron chi connectivity index (χ3n) is 3.84. The van der Waals surface area contributed by atoms with Gasteiger partial charge >= 0.3 is 0 Å². The fraction of sp³-hybridized carbons (Fsp3) is 0.600. The molecule has 3 nitrogen and oxygen atoms in total. The Morgan fingerprint density at radius 2 is 2.06 bits per heavy atom. The minimum absolute atomic E-state index is 0.124. The molecule has 1 fully saturated rings. The van der Waals surface area contributed by atoms with Crippen LogP contribution in [0.1, 0.15) is 25.3 Å². The Morgan fingerprint density at radius 1 is 1.28 bits per heavy atom. The van der Waals surface area contributed by atoms with Gasteiger partial charge in [0.1, 0.15) is 0 Å². The van der Waals surface area contributed by atoms with Gasteiger partial charge in [-0.05, 0) is 32.5 Å². The zero-order valence-corrected chi connectivity index (χ0v) is 11.5. The van der Waals surface area contributed by atoms with Gasteiger partial charge in [0.25, 0.3) is 0 Å². The summed E-state index contributed by atoms with van der Waals surface area (Å²) in [6, 6.07) is 8.77. The number of benzene rings is 1. The van der Waals surface area contributed by atoms with E-state index in [-0.39, 0.29) is 6.61 Å². The molecular weight excluding hydrogens is 224 g/mol. The summed E-state index contributed by atoms with van der Waals surface area (Å²) in [4.78, 5) is 4.89. The molecule has 0 bridgehead atoms. The van der Waals surface area contributed by atoms with Gasteiger partial charge < -0.3 is 14.9 Å². The Balaban J connectivity index is 2.28. The maximum absolute atomic E-state index is 9.49. The first-order valence-electron chi connectivity index (χ1n) is 6.90. The van der Waals surface area contributed by atoms with E-state index >= 15 is 0 Å². The predicted octanol–water partition coefficient (Wildman–Crippen LogP) is 2.10. The van der Waals surface area contributed by atoms with E-state index in [1.807, 2.05) is 12.1 Å². The Labute approximate surface area is 110 Å². The van der Waals surface area contributed by atoms with Crippen molar-refractivity contribution in [1.29, 1.82) is 0 Å². The van der Waals surface area contributed by atoms with Gasteiger partial charge in [-0.2, -0.15) is 0 Å². The average Bonchev–Trinajstić information content (AvgIpc) is 2.60. The lowest BCUT2D eigenvalue weighted by Gasteiger charge is -2.33. The lowest BCUT2D eigenvalue weighted by atomic mass is 10.1. The Bertz CT molecular complexity index is 381. The molecule has 3 heteroatoms. The van der Waals surface area contributed by atoms with Crippen molar-refractivity contribution in [2.24, 2.45) is 0 Å². The maximum Gasteiger partial charge on any atom is 0.0702 e. The minimum Gasteiger partial charge on any atom is -0.392 e. The van der Waals surface area contributed by atoms with Gasteiger partial charge in [0.05, 0.1) is 6.61 Å². The standard InChI is InChI=1S/C15H24N2O/c1-3-14-11-16(2)9-6-10-17(14)15-8-5-4-7-13(15)12-18/h4-5,7-8,14,18H,3,6,9-12H2,1-2H3. The third-order valence-corrected chi connectivity index (χ3v) is 3.84. The van der Waals surface area contributed by atoms with Crippen LogP contribution in [0.15, 0.2) is 24.3 Å². The van der Waals surface area contributed by atoms with Crippen molar-refractivity contribution in [1.82, 2.24) is 4.90 Å². The van der Waals surface area contributed by atoms with Crippen LogP contribution in [0.4, 0.5) is 5.69 Å². The second-order valence-corrected chi connectivity index (χ2v) is 5.16. The largest absolute Gasteiger partial charge is 0.392 e. The molecular formula is C15H24N2O. The smallest absolute Gasteiger partial charge is 0.0702 e. The quantitative estimate of drug-likeness (QED) is 0.887. The third kappa shape index (κ3) is 2.85. The Morgan fingerprint density at radius 3 is 2.78 bits per heavy atom. The molecule has 1 heterocycles. The number of hydrogen-bond donors (Lipinski definition) is 1.